The molecule has 2 bridgehead atoms. The minimum Gasteiger partial charge on any atom is -0.497 e. The minimum absolute atomic E-state index is 0.120. The van der Waals surface area contributed by atoms with Crippen molar-refractivity contribution in [2.45, 2.75) is 38.3 Å². The zero-order chi connectivity index (χ0) is 22.9. The Hall–Kier alpha value is -2.63. The van der Waals surface area contributed by atoms with Gasteiger partial charge in [0.15, 0.2) is 0 Å². The van der Waals surface area contributed by atoms with E-state index in [1.807, 2.05) is 36.4 Å². The molecule has 0 spiro atoms. The van der Waals surface area contributed by atoms with Gasteiger partial charge in [-0.15, -0.1) is 0 Å². The lowest BCUT2D eigenvalue weighted by Crippen LogP contribution is -2.55. The molecule has 0 N–H and O–H groups in total. The predicted octanol–water partition coefficient (Wildman–Crippen LogP) is 5.92. The topological polar surface area (TPSA) is 51.7 Å². The van der Waals surface area contributed by atoms with Gasteiger partial charge in [0.25, 0.3) is 0 Å². The van der Waals surface area contributed by atoms with E-state index in [1.54, 1.807) is 25.4 Å². The molecule has 0 saturated carbocycles. The van der Waals surface area contributed by atoms with Crippen molar-refractivity contribution < 1.29 is 14.3 Å². The number of hydrogen-bond donors (Lipinski definition) is 0. The molecule has 0 amide bonds. The summed E-state index contributed by atoms with van der Waals surface area (Å²) >= 11 is 6.33. The number of aromatic nitrogens is 1. The normalized spacial score (nSPS) is 25.1. The number of piperidine rings is 3. The fraction of sp³-hybridized carbons (Fsp3) is 0.407. The van der Waals surface area contributed by atoms with E-state index in [0.717, 1.165) is 41.7 Å². The summed E-state index contributed by atoms with van der Waals surface area (Å²) in [5, 5.41) is 1.35. The minimum atomic E-state index is -0.424. The summed E-state index contributed by atoms with van der Waals surface area (Å²) in [4.78, 5) is 20.4. The van der Waals surface area contributed by atoms with E-state index < -0.39 is 12.1 Å². The van der Waals surface area contributed by atoms with Crippen LogP contribution >= 0.6 is 11.6 Å². The number of pyridine rings is 1. The zero-order valence-electron chi connectivity index (χ0n) is 19.0. The summed E-state index contributed by atoms with van der Waals surface area (Å²) in [6.07, 6.45) is 4.80. The molecule has 3 fully saturated rings. The average molecular weight is 465 g/mol. The maximum atomic E-state index is 13.3. The molecule has 1 aromatic heterocycles. The fourth-order valence-electron chi connectivity index (χ4n) is 5.63. The van der Waals surface area contributed by atoms with E-state index in [0.29, 0.717) is 22.4 Å². The van der Waals surface area contributed by atoms with E-state index in [9.17, 15) is 4.79 Å². The first-order valence-corrected chi connectivity index (χ1v) is 12.1. The highest BCUT2D eigenvalue weighted by Crippen LogP contribution is 2.44. The molecule has 3 aliphatic rings. The monoisotopic (exact) mass is 464 g/mol. The molecule has 33 heavy (non-hydrogen) atoms. The van der Waals surface area contributed by atoms with Crippen LogP contribution in [0, 0.1) is 11.8 Å². The number of nitrogens with zero attached hydrogens (tertiary/aromatic N) is 2. The number of benzene rings is 2. The molecule has 6 heteroatoms. The smallest absolute Gasteiger partial charge is 0.340 e. The van der Waals surface area contributed by atoms with Gasteiger partial charge < -0.3 is 9.47 Å². The summed E-state index contributed by atoms with van der Waals surface area (Å²) in [5.41, 5.74) is 2.21. The second-order valence-electron chi connectivity index (χ2n) is 9.10. The number of rotatable bonds is 6. The van der Waals surface area contributed by atoms with Gasteiger partial charge >= 0.3 is 5.97 Å². The van der Waals surface area contributed by atoms with Crippen molar-refractivity contribution in [3.8, 4) is 5.75 Å². The van der Waals surface area contributed by atoms with E-state index >= 15 is 0 Å². The molecule has 5 atom stereocenters. The van der Waals surface area contributed by atoms with Gasteiger partial charge in [-0.05, 0) is 67.6 Å². The third-order valence-corrected chi connectivity index (χ3v) is 7.76. The molecular formula is C27H29ClN2O3. The number of carbonyl (C=O) groups excluding carboxylic acids is 1. The lowest BCUT2D eigenvalue weighted by molar-refractivity contribution is -0.0659. The van der Waals surface area contributed by atoms with Crippen LogP contribution in [0.25, 0.3) is 10.9 Å². The summed E-state index contributed by atoms with van der Waals surface area (Å²) in [5.74, 6) is 1.73. The van der Waals surface area contributed by atoms with Crippen LogP contribution < -0.4 is 4.74 Å². The number of carbonyl (C=O) groups is 1. The van der Waals surface area contributed by atoms with Gasteiger partial charge in [0.1, 0.15) is 11.9 Å². The molecule has 0 radical (unpaired) electrons. The summed E-state index contributed by atoms with van der Waals surface area (Å²) in [6.45, 7) is 4.37. The van der Waals surface area contributed by atoms with Crippen LogP contribution in [0.4, 0.5) is 0 Å². The van der Waals surface area contributed by atoms with Crippen molar-refractivity contribution in [3.05, 3.63) is 70.9 Å². The molecule has 3 aromatic rings. The van der Waals surface area contributed by atoms with Crippen LogP contribution in [0.3, 0.4) is 0 Å². The first kappa shape index (κ1) is 22.2. The molecule has 0 aliphatic carbocycles. The molecule has 6 rings (SSSR count). The van der Waals surface area contributed by atoms with Gasteiger partial charge in [0, 0.05) is 23.7 Å². The molecule has 172 valence electrons. The summed E-state index contributed by atoms with van der Waals surface area (Å²) in [6, 6.07) is 15.0. The highest BCUT2D eigenvalue weighted by atomic mass is 35.5. The lowest BCUT2D eigenvalue weighted by Gasteiger charge is -2.51. The van der Waals surface area contributed by atoms with Crippen molar-refractivity contribution in [3.63, 3.8) is 0 Å². The third kappa shape index (κ3) is 4.20. The van der Waals surface area contributed by atoms with Gasteiger partial charge in [0.2, 0.25) is 0 Å². The van der Waals surface area contributed by atoms with E-state index in [1.165, 1.54) is 12.8 Å². The lowest BCUT2D eigenvalue weighted by atomic mass is 9.72. The molecule has 3 saturated heterocycles. The third-order valence-electron chi connectivity index (χ3n) is 7.43. The van der Waals surface area contributed by atoms with Crippen LogP contribution in [-0.2, 0) is 4.74 Å². The van der Waals surface area contributed by atoms with Crippen molar-refractivity contribution in [1.82, 2.24) is 9.88 Å². The Morgan fingerprint density at radius 3 is 2.82 bits per heavy atom. The quantitative estimate of drug-likeness (QED) is 0.424. The first-order chi connectivity index (χ1) is 16.1. The zero-order valence-corrected chi connectivity index (χ0v) is 19.8. The number of fused-ring (bicyclic) bond motifs is 4. The van der Waals surface area contributed by atoms with Crippen molar-refractivity contribution >= 4 is 28.5 Å². The maximum absolute atomic E-state index is 13.3. The van der Waals surface area contributed by atoms with Crippen LogP contribution in [0.2, 0.25) is 5.02 Å². The molecule has 4 heterocycles. The standard InChI is InChI=1S/C27H29ClN2O3/c1-3-17-16-30-13-11-18(17)14-25(30)26(33-27(31)21-6-4-5-7-23(21)28)20-10-12-29-24-9-8-19(32-2)15-22(20)24/h4-10,12,15,17-18,25-26H,3,11,13-14,16H2,1-2H3/t17?,18?,25?,26-/m0/s1. The Labute approximate surface area is 199 Å². The van der Waals surface area contributed by atoms with Crippen LogP contribution in [0.5, 0.6) is 5.75 Å². The molecular weight excluding hydrogens is 436 g/mol. The second-order valence-corrected chi connectivity index (χ2v) is 9.51. The van der Waals surface area contributed by atoms with Gasteiger partial charge in [-0.3, -0.25) is 9.88 Å². The average Bonchev–Trinajstić information content (AvgIpc) is 2.87. The highest BCUT2D eigenvalue weighted by molar-refractivity contribution is 6.33. The summed E-state index contributed by atoms with van der Waals surface area (Å²) < 4.78 is 11.8. The Morgan fingerprint density at radius 2 is 2.09 bits per heavy atom. The summed E-state index contributed by atoms with van der Waals surface area (Å²) in [7, 11) is 1.66. The van der Waals surface area contributed by atoms with E-state index in [2.05, 4.69) is 16.8 Å². The van der Waals surface area contributed by atoms with Crippen LogP contribution in [0.1, 0.15) is 48.2 Å². The Balaban J connectivity index is 1.57. The van der Waals surface area contributed by atoms with Gasteiger partial charge in [-0.25, -0.2) is 4.79 Å². The van der Waals surface area contributed by atoms with Crippen molar-refractivity contribution in [2.24, 2.45) is 11.8 Å². The Morgan fingerprint density at radius 1 is 1.24 bits per heavy atom. The largest absolute Gasteiger partial charge is 0.497 e. The maximum Gasteiger partial charge on any atom is 0.340 e. The number of esters is 1. The number of hydrogen-bond acceptors (Lipinski definition) is 5. The number of halogens is 1. The van der Waals surface area contributed by atoms with Crippen molar-refractivity contribution in [1.29, 1.82) is 0 Å². The molecule has 5 nitrogen and oxygen atoms in total. The van der Waals surface area contributed by atoms with Crippen LogP contribution in [0.15, 0.2) is 54.7 Å². The molecule has 2 aromatic carbocycles. The highest BCUT2D eigenvalue weighted by Gasteiger charge is 2.44. The SMILES string of the molecule is CCC1CN2CCC1CC2[C@@H](OC(=O)c1ccccc1Cl)c1ccnc2ccc(OC)cc12. The van der Waals surface area contributed by atoms with Gasteiger partial charge in [-0.1, -0.05) is 37.1 Å². The first-order valence-electron chi connectivity index (χ1n) is 11.7. The van der Waals surface area contributed by atoms with E-state index in [4.69, 9.17) is 21.1 Å². The van der Waals surface area contributed by atoms with E-state index in [-0.39, 0.29) is 6.04 Å². The second kappa shape index (κ2) is 9.32. The van der Waals surface area contributed by atoms with Gasteiger partial charge in [-0.2, -0.15) is 0 Å². The van der Waals surface area contributed by atoms with Gasteiger partial charge in [0.05, 0.1) is 29.3 Å². The van der Waals surface area contributed by atoms with Crippen molar-refractivity contribution in [2.75, 3.05) is 20.2 Å². The number of methoxy groups -OCH3 is 1. The van der Waals surface area contributed by atoms with Crippen LogP contribution in [-0.4, -0.2) is 42.1 Å². The Bertz CT molecular complexity index is 1170. The molecule has 4 unspecified atom stereocenters. The predicted molar refractivity (Wildman–Crippen MR) is 130 cm³/mol. The Kier molecular flexibility index (Phi) is 6.26. The fourth-order valence-corrected chi connectivity index (χ4v) is 5.85. The number of ether oxygens (including phenoxy) is 2. The molecule has 3 aliphatic heterocycles.